The molecule has 0 amide bonds. The molecule has 0 aliphatic rings. The smallest absolute Gasteiger partial charge is 0.270 e. The first-order chi connectivity index (χ1) is 13.5. The average Bonchev–Trinajstić information content (AvgIpc) is 3.11. The largest absolute Gasteiger partial charge is 0.872 e. The SMILES string of the molecule is O=[N+]([O-])c1ccc([O-])c(C=Nc2ccc3oc(-c4ccc(F)cc4)nc3c2)c1. The van der Waals surface area contributed by atoms with Crippen LogP contribution in [0, 0.1) is 15.9 Å². The molecular weight excluding hydrogens is 365 g/mol. The van der Waals surface area contributed by atoms with Gasteiger partial charge in [0.05, 0.1) is 10.6 Å². The van der Waals surface area contributed by atoms with Crippen LogP contribution in [0.15, 0.2) is 70.1 Å². The summed E-state index contributed by atoms with van der Waals surface area (Å²) in [6, 6.07) is 14.2. The van der Waals surface area contributed by atoms with Gasteiger partial charge in [0.15, 0.2) is 5.58 Å². The Morgan fingerprint density at radius 3 is 2.61 bits per heavy atom. The van der Waals surface area contributed by atoms with E-state index >= 15 is 0 Å². The summed E-state index contributed by atoms with van der Waals surface area (Å²) in [7, 11) is 0. The molecule has 0 aliphatic carbocycles. The average molecular weight is 376 g/mol. The molecule has 1 heterocycles. The molecule has 0 saturated heterocycles. The standard InChI is InChI=1S/C20H12FN3O4/c21-14-3-1-12(2-4-14)20-23-17-10-15(5-8-19(17)28-20)22-11-13-9-16(24(26)27)6-7-18(13)25/h1-11,25H/p-1. The van der Waals surface area contributed by atoms with Crippen molar-refractivity contribution < 1.29 is 18.8 Å². The number of halogens is 1. The number of aliphatic imine (C=N–C) groups is 1. The van der Waals surface area contributed by atoms with Gasteiger partial charge >= 0.3 is 0 Å². The highest BCUT2D eigenvalue weighted by atomic mass is 19.1. The number of hydrogen-bond acceptors (Lipinski definition) is 6. The molecule has 138 valence electrons. The summed E-state index contributed by atoms with van der Waals surface area (Å²) in [4.78, 5) is 18.8. The van der Waals surface area contributed by atoms with Crippen molar-refractivity contribution in [2.24, 2.45) is 4.99 Å². The van der Waals surface area contributed by atoms with Crippen molar-refractivity contribution in [2.45, 2.75) is 0 Å². The molecule has 0 atom stereocenters. The summed E-state index contributed by atoms with van der Waals surface area (Å²) >= 11 is 0. The van der Waals surface area contributed by atoms with E-state index in [0.717, 1.165) is 12.1 Å². The maximum atomic E-state index is 13.1. The molecule has 8 heteroatoms. The number of non-ortho nitro benzene ring substituents is 1. The third-order valence-corrected chi connectivity index (χ3v) is 4.02. The fraction of sp³-hybridized carbons (Fsp3) is 0. The van der Waals surface area contributed by atoms with Crippen LogP contribution in [-0.2, 0) is 0 Å². The maximum Gasteiger partial charge on any atom is 0.270 e. The van der Waals surface area contributed by atoms with Gasteiger partial charge in [0.25, 0.3) is 5.69 Å². The predicted molar refractivity (Wildman–Crippen MR) is 99.2 cm³/mol. The first-order valence-electron chi connectivity index (χ1n) is 8.16. The van der Waals surface area contributed by atoms with Crippen molar-refractivity contribution in [3.8, 4) is 17.2 Å². The van der Waals surface area contributed by atoms with E-state index in [1.165, 1.54) is 24.4 Å². The van der Waals surface area contributed by atoms with Crippen molar-refractivity contribution in [3.63, 3.8) is 0 Å². The van der Waals surface area contributed by atoms with E-state index in [1.807, 2.05) is 0 Å². The van der Waals surface area contributed by atoms with Crippen molar-refractivity contribution in [3.05, 3.63) is 82.2 Å². The molecule has 4 rings (SSSR count). The Hall–Kier alpha value is -4.07. The van der Waals surface area contributed by atoms with Crippen LogP contribution in [0.2, 0.25) is 0 Å². The van der Waals surface area contributed by atoms with Crippen LogP contribution < -0.4 is 5.11 Å². The Morgan fingerprint density at radius 1 is 1.07 bits per heavy atom. The van der Waals surface area contributed by atoms with Crippen LogP contribution in [0.1, 0.15) is 5.56 Å². The van der Waals surface area contributed by atoms with Gasteiger partial charge < -0.3 is 9.52 Å². The lowest BCUT2D eigenvalue weighted by molar-refractivity contribution is -0.385. The second kappa shape index (κ2) is 6.92. The van der Waals surface area contributed by atoms with E-state index in [9.17, 15) is 19.6 Å². The lowest BCUT2D eigenvalue weighted by atomic mass is 10.2. The normalized spacial score (nSPS) is 11.3. The number of hydrogen-bond donors (Lipinski definition) is 0. The topological polar surface area (TPSA) is 105 Å². The number of benzene rings is 3. The van der Waals surface area contributed by atoms with Crippen molar-refractivity contribution in [1.29, 1.82) is 0 Å². The van der Waals surface area contributed by atoms with Crippen molar-refractivity contribution >= 4 is 28.7 Å². The monoisotopic (exact) mass is 376 g/mol. The second-order valence-electron chi connectivity index (χ2n) is 5.92. The molecule has 28 heavy (non-hydrogen) atoms. The van der Waals surface area contributed by atoms with Crippen LogP contribution in [0.5, 0.6) is 5.75 Å². The Balaban J connectivity index is 1.65. The summed E-state index contributed by atoms with van der Waals surface area (Å²) in [5.41, 5.74) is 2.12. The minimum absolute atomic E-state index is 0.112. The van der Waals surface area contributed by atoms with Gasteiger partial charge in [-0.15, -0.1) is 0 Å². The van der Waals surface area contributed by atoms with Crippen molar-refractivity contribution in [2.75, 3.05) is 0 Å². The predicted octanol–water partition coefficient (Wildman–Crippen LogP) is 4.37. The fourth-order valence-electron chi connectivity index (χ4n) is 2.61. The Kier molecular flexibility index (Phi) is 4.29. The number of fused-ring (bicyclic) bond motifs is 1. The van der Waals surface area contributed by atoms with Crippen molar-refractivity contribution in [1.82, 2.24) is 4.98 Å². The van der Waals surface area contributed by atoms with Crippen LogP contribution in [0.25, 0.3) is 22.6 Å². The van der Waals surface area contributed by atoms with Gasteiger partial charge in [0.2, 0.25) is 5.89 Å². The molecule has 0 fully saturated rings. The number of nitro benzene ring substituents is 1. The highest BCUT2D eigenvalue weighted by Crippen LogP contribution is 2.27. The first-order valence-corrected chi connectivity index (χ1v) is 8.16. The quantitative estimate of drug-likeness (QED) is 0.299. The third-order valence-electron chi connectivity index (χ3n) is 4.02. The summed E-state index contributed by atoms with van der Waals surface area (Å²) in [6.07, 6.45) is 1.28. The molecular formula is C20H11FN3O4-. The van der Waals surface area contributed by atoms with Gasteiger partial charge in [-0.3, -0.25) is 15.1 Å². The van der Waals surface area contributed by atoms with Gasteiger partial charge in [0.1, 0.15) is 11.3 Å². The molecule has 0 unspecified atom stereocenters. The van der Waals surface area contributed by atoms with Gasteiger partial charge in [-0.05, 0) is 48.0 Å². The lowest BCUT2D eigenvalue weighted by Crippen LogP contribution is -1.98. The molecule has 3 aromatic carbocycles. The molecule has 0 bridgehead atoms. The minimum atomic E-state index is -0.574. The van der Waals surface area contributed by atoms with Crippen LogP contribution in [-0.4, -0.2) is 16.1 Å². The number of aromatic nitrogens is 1. The highest BCUT2D eigenvalue weighted by Gasteiger charge is 2.09. The number of rotatable bonds is 4. The molecule has 7 nitrogen and oxygen atoms in total. The molecule has 4 aromatic rings. The minimum Gasteiger partial charge on any atom is -0.872 e. The maximum absolute atomic E-state index is 13.1. The number of oxazole rings is 1. The lowest BCUT2D eigenvalue weighted by Gasteiger charge is -2.08. The summed E-state index contributed by atoms with van der Waals surface area (Å²) in [5, 5.41) is 22.7. The van der Waals surface area contributed by atoms with E-state index in [-0.39, 0.29) is 22.8 Å². The molecule has 1 aromatic heterocycles. The number of nitrogens with zero attached hydrogens (tertiary/aromatic N) is 3. The van der Waals surface area contributed by atoms with Gasteiger partial charge in [-0.2, -0.15) is 0 Å². The zero-order valence-electron chi connectivity index (χ0n) is 14.2. The summed E-state index contributed by atoms with van der Waals surface area (Å²) in [6.45, 7) is 0. The van der Waals surface area contributed by atoms with E-state index in [4.69, 9.17) is 4.42 Å². The summed E-state index contributed by atoms with van der Waals surface area (Å²) < 4.78 is 18.7. The van der Waals surface area contributed by atoms with Gasteiger partial charge in [0, 0.05) is 23.9 Å². The highest BCUT2D eigenvalue weighted by molar-refractivity contribution is 5.87. The molecule has 0 aliphatic heterocycles. The molecule has 0 N–H and O–H groups in total. The zero-order valence-corrected chi connectivity index (χ0v) is 14.2. The van der Waals surface area contributed by atoms with Crippen LogP contribution in [0.3, 0.4) is 0 Å². The molecule has 0 saturated carbocycles. The van der Waals surface area contributed by atoms with Crippen LogP contribution >= 0.6 is 0 Å². The zero-order chi connectivity index (χ0) is 19.7. The third kappa shape index (κ3) is 3.43. The van der Waals surface area contributed by atoms with E-state index in [1.54, 1.807) is 30.3 Å². The second-order valence-corrected chi connectivity index (χ2v) is 5.92. The molecule has 0 spiro atoms. The van der Waals surface area contributed by atoms with Crippen LogP contribution in [0.4, 0.5) is 15.8 Å². The Bertz CT molecular complexity index is 1220. The van der Waals surface area contributed by atoms with Gasteiger partial charge in [-0.25, -0.2) is 9.37 Å². The number of nitro groups is 1. The van der Waals surface area contributed by atoms with Gasteiger partial charge in [-0.1, -0.05) is 11.8 Å². The Labute approximate surface area is 157 Å². The fourth-order valence-corrected chi connectivity index (χ4v) is 2.61. The summed E-state index contributed by atoms with van der Waals surface area (Å²) in [5.74, 6) is -0.373. The van der Waals surface area contributed by atoms with E-state index in [0.29, 0.717) is 28.2 Å². The molecule has 0 radical (unpaired) electrons. The van der Waals surface area contributed by atoms with E-state index in [2.05, 4.69) is 9.98 Å². The van der Waals surface area contributed by atoms with E-state index < -0.39 is 4.92 Å². The Morgan fingerprint density at radius 2 is 1.86 bits per heavy atom. The first kappa shape index (κ1) is 17.3.